The van der Waals surface area contributed by atoms with Crippen LogP contribution < -0.4 is 14.8 Å². The van der Waals surface area contributed by atoms with Crippen molar-refractivity contribution in [2.45, 2.75) is 51.9 Å². The quantitative estimate of drug-likeness (QED) is 0.539. The van der Waals surface area contributed by atoms with Crippen LogP contribution in [0.4, 0.5) is 5.82 Å². The summed E-state index contributed by atoms with van der Waals surface area (Å²) in [6.45, 7) is 5.27. The van der Waals surface area contributed by atoms with Gasteiger partial charge in [-0.1, -0.05) is 6.07 Å². The number of ether oxygens (including phenoxy) is 2. The van der Waals surface area contributed by atoms with Crippen molar-refractivity contribution < 1.29 is 19.4 Å². The molecule has 0 spiro atoms. The molecule has 168 valence electrons. The lowest BCUT2D eigenvalue weighted by Gasteiger charge is -2.25. The number of aromatic nitrogens is 2. The second-order valence-electron chi connectivity index (χ2n) is 8.64. The second-order valence-corrected chi connectivity index (χ2v) is 9.85. The van der Waals surface area contributed by atoms with Crippen LogP contribution in [0.2, 0.25) is 0 Å². The van der Waals surface area contributed by atoms with E-state index in [2.05, 4.69) is 25.2 Å². The van der Waals surface area contributed by atoms with Crippen molar-refractivity contribution >= 4 is 33.3 Å². The first-order valence-electron chi connectivity index (χ1n) is 11.1. The molecule has 1 saturated carbocycles. The predicted octanol–water partition coefficient (Wildman–Crippen LogP) is 5.05. The number of benzene rings is 1. The Morgan fingerprint density at radius 1 is 1.16 bits per heavy atom. The molecule has 32 heavy (non-hydrogen) atoms. The molecule has 1 aliphatic heterocycles. The number of carboxylic acids is 1. The minimum Gasteiger partial charge on any atom is -0.481 e. The summed E-state index contributed by atoms with van der Waals surface area (Å²) in [5.41, 5.74) is 2.40. The van der Waals surface area contributed by atoms with Gasteiger partial charge in [0.1, 0.15) is 16.5 Å². The van der Waals surface area contributed by atoms with Gasteiger partial charge in [0.2, 0.25) is 6.79 Å². The number of anilines is 1. The maximum atomic E-state index is 11.3. The van der Waals surface area contributed by atoms with E-state index in [1.165, 1.54) is 16.0 Å². The van der Waals surface area contributed by atoms with Crippen LogP contribution in [0, 0.1) is 19.8 Å². The number of hydrogen-bond donors (Lipinski definition) is 2. The molecule has 1 aliphatic carbocycles. The number of fused-ring (bicyclic) bond motifs is 2. The molecule has 1 fully saturated rings. The van der Waals surface area contributed by atoms with E-state index in [1.54, 1.807) is 11.3 Å². The lowest BCUT2D eigenvalue weighted by atomic mass is 9.81. The first-order chi connectivity index (χ1) is 15.5. The van der Waals surface area contributed by atoms with Gasteiger partial charge in [0, 0.05) is 17.3 Å². The van der Waals surface area contributed by atoms with E-state index >= 15 is 0 Å². The number of rotatable bonds is 6. The molecule has 8 heteroatoms. The van der Waals surface area contributed by atoms with Crippen molar-refractivity contribution in [3.63, 3.8) is 0 Å². The molecule has 5 rings (SSSR count). The number of aliphatic carboxylic acids is 1. The Morgan fingerprint density at radius 2 is 1.94 bits per heavy atom. The Bertz CT molecular complexity index is 1170. The van der Waals surface area contributed by atoms with E-state index < -0.39 is 5.97 Å². The maximum absolute atomic E-state index is 11.3. The van der Waals surface area contributed by atoms with E-state index in [1.807, 2.05) is 12.1 Å². The van der Waals surface area contributed by atoms with E-state index in [0.29, 0.717) is 12.8 Å². The zero-order valence-electron chi connectivity index (χ0n) is 18.3. The number of hydrogen-bond acceptors (Lipinski definition) is 7. The summed E-state index contributed by atoms with van der Waals surface area (Å²) in [7, 11) is 0. The highest BCUT2D eigenvalue weighted by Gasteiger charge is 2.29. The fourth-order valence-corrected chi connectivity index (χ4v) is 5.63. The van der Waals surface area contributed by atoms with Gasteiger partial charge in [0.25, 0.3) is 0 Å². The van der Waals surface area contributed by atoms with Crippen molar-refractivity contribution in [2.75, 3.05) is 18.7 Å². The Hall–Kier alpha value is -2.87. The largest absolute Gasteiger partial charge is 0.481 e. The van der Waals surface area contributed by atoms with Crippen LogP contribution in [0.3, 0.4) is 0 Å². The Balaban J connectivity index is 1.36. The Labute approximate surface area is 190 Å². The third kappa shape index (κ3) is 3.99. The molecule has 2 aliphatic rings. The van der Waals surface area contributed by atoms with Crippen LogP contribution in [0.5, 0.6) is 11.5 Å². The van der Waals surface area contributed by atoms with Gasteiger partial charge in [0.15, 0.2) is 11.5 Å². The Morgan fingerprint density at radius 3 is 2.72 bits per heavy atom. The van der Waals surface area contributed by atoms with Crippen molar-refractivity contribution in [1.29, 1.82) is 0 Å². The summed E-state index contributed by atoms with van der Waals surface area (Å²) in [5.74, 6) is 2.62. The SMILES string of the molecule is Cc1sc2nc(C3CCC(C(=O)O)CC3)nc(NCCc3ccc4c(c3)OCO4)c2c1C. The third-order valence-electron chi connectivity index (χ3n) is 6.63. The summed E-state index contributed by atoms with van der Waals surface area (Å²) in [5, 5.41) is 14.0. The van der Waals surface area contributed by atoms with Gasteiger partial charge in [-0.3, -0.25) is 4.79 Å². The van der Waals surface area contributed by atoms with Crippen molar-refractivity contribution in [1.82, 2.24) is 9.97 Å². The highest BCUT2D eigenvalue weighted by molar-refractivity contribution is 7.18. The maximum Gasteiger partial charge on any atom is 0.306 e. The molecular weight excluding hydrogens is 426 g/mol. The number of nitrogens with one attached hydrogen (secondary N) is 1. The van der Waals surface area contributed by atoms with Gasteiger partial charge < -0.3 is 19.9 Å². The monoisotopic (exact) mass is 453 g/mol. The van der Waals surface area contributed by atoms with E-state index in [-0.39, 0.29) is 18.6 Å². The molecule has 7 nitrogen and oxygen atoms in total. The topological polar surface area (TPSA) is 93.6 Å². The van der Waals surface area contributed by atoms with Gasteiger partial charge >= 0.3 is 5.97 Å². The highest BCUT2D eigenvalue weighted by atomic mass is 32.1. The number of aryl methyl sites for hydroxylation is 2. The van der Waals surface area contributed by atoms with Gasteiger partial charge in [-0.05, 0) is 69.2 Å². The molecule has 2 aromatic heterocycles. The molecule has 0 atom stereocenters. The predicted molar refractivity (Wildman–Crippen MR) is 124 cm³/mol. The summed E-state index contributed by atoms with van der Waals surface area (Å²) in [6.07, 6.45) is 3.86. The first kappa shape index (κ1) is 21.0. The van der Waals surface area contributed by atoms with Gasteiger partial charge in [-0.15, -0.1) is 11.3 Å². The minimum absolute atomic E-state index is 0.215. The molecule has 3 aromatic rings. The average Bonchev–Trinajstić information content (AvgIpc) is 3.37. The standard InChI is InChI=1S/C24H27N3O4S/c1-13-14(2)32-23-20(13)22(25-10-9-15-3-8-18-19(11-15)31-12-30-18)26-21(27-23)16-4-6-17(7-5-16)24(28)29/h3,8,11,16-17H,4-7,9-10,12H2,1-2H3,(H,28,29)(H,25,26,27). The molecule has 0 amide bonds. The van der Waals surface area contributed by atoms with E-state index in [9.17, 15) is 9.90 Å². The van der Waals surface area contributed by atoms with E-state index in [0.717, 1.165) is 59.2 Å². The molecule has 2 N–H and O–H groups in total. The molecule has 0 radical (unpaired) electrons. The fraction of sp³-hybridized carbons (Fsp3) is 0.458. The first-order valence-corrected chi connectivity index (χ1v) is 11.9. The Kier molecular flexibility index (Phi) is 5.63. The van der Waals surface area contributed by atoms with Gasteiger partial charge in [-0.2, -0.15) is 0 Å². The third-order valence-corrected chi connectivity index (χ3v) is 7.73. The summed E-state index contributed by atoms with van der Waals surface area (Å²) in [4.78, 5) is 23.4. The molecule has 3 heterocycles. The van der Waals surface area contributed by atoms with Gasteiger partial charge in [-0.25, -0.2) is 9.97 Å². The second kappa shape index (κ2) is 8.58. The van der Waals surface area contributed by atoms with Crippen molar-refractivity contribution in [2.24, 2.45) is 5.92 Å². The summed E-state index contributed by atoms with van der Waals surface area (Å²) < 4.78 is 10.9. The van der Waals surface area contributed by atoms with E-state index in [4.69, 9.17) is 19.4 Å². The van der Waals surface area contributed by atoms with Crippen LogP contribution in [0.15, 0.2) is 18.2 Å². The zero-order valence-corrected chi connectivity index (χ0v) is 19.1. The molecular formula is C24H27N3O4S. The van der Waals surface area contributed by atoms with Crippen LogP contribution in [-0.4, -0.2) is 34.4 Å². The van der Waals surface area contributed by atoms with Crippen LogP contribution in [0.25, 0.3) is 10.2 Å². The fourth-order valence-electron chi connectivity index (χ4n) is 4.60. The lowest BCUT2D eigenvalue weighted by Crippen LogP contribution is -2.21. The molecule has 0 saturated heterocycles. The number of nitrogens with zero attached hydrogens (tertiary/aromatic N) is 2. The lowest BCUT2D eigenvalue weighted by molar-refractivity contribution is -0.142. The summed E-state index contributed by atoms with van der Waals surface area (Å²) >= 11 is 1.70. The molecule has 0 bridgehead atoms. The van der Waals surface area contributed by atoms with Gasteiger partial charge in [0.05, 0.1) is 11.3 Å². The van der Waals surface area contributed by atoms with Crippen molar-refractivity contribution in [3.05, 3.63) is 40.0 Å². The average molecular weight is 454 g/mol. The smallest absolute Gasteiger partial charge is 0.306 e. The van der Waals surface area contributed by atoms with Crippen LogP contribution in [-0.2, 0) is 11.2 Å². The normalized spacial score (nSPS) is 19.9. The molecule has 1 aromatic carbocycles. The summed E-state index contributed by atoms with van der Waals surface area (Å²) in [6, 6.07) is 6.06. The number of carboxylic acid groups (broad SMARTS) is 1. The van der Waals surface area contributed by atoms with Crippen LogP contribution in [0.1, 0.15) is 53.4 Å². The zero-order chi connectivity index (χ0) is 22.2. The number of thiophene rings is 1. The number of carbonyl (C=O) groups is 1. The minimum atomic E-state index is -0.685. The van der Waals surface area contributed by atoms with Crippen molar-refractivity contribution in [3.8, 4) is 11.5 Å². The van der Waals surface area contributed by atoms with Crippen LogP contribution >= 0.6 is 11.3 Å². The highest BCUT2D eigenvalue weighted by Crippen LogP contribution is 2.39. The molecule has 0 unspecified atom stereocenters.